The van der Waals surface area contributed by atoms with Crippen LogP contribution in [0, 0.1) is 5.92 Å². The van der Waals surface area contributed by atoms with E-state index in [1.807, 2.05) is 17.9 Å². The van der Waals surface area contributed by atoms with Crippen LogP contribution in [0.2, 0.25) is 0 Å². The SMILES string of the molecule is CCC(=O)N1CCCCN(CC2CCN(c3ccc(=O)n(C)n3)C2)CC1. The van der Waals surface area contributed by atoms with Crippen LogP contribution in [0.4, 0.5) is 5.82 Å². The Kier molecular flexibility index (Phi) is 6.29. The molecular formula is C19H31N5O2. The highest BCUT2D eigenvalue weighted by atomic mass is 16.2. The summed E-state index contributed by atoms with van der Waals surface area (Å²) < 4.78 is 1.40. The molecule has 7 heteroatoms. The Balaban J connectivity index is 1.53. The molecule has 2 aliphatic heterocycles. The van der Waals surface area contributed by atoms with E-state index in [0.717, 1.165) is 70.9 Å². The van der Waals surface area contributed by atoms with Crippen molar-refractivity contribution in [3.05, 3.63) is 22.5 Å². The molecule has 1 aromatic rings. The molecule has 0 aromatic carbocycles. The summed E-state index contributed by atoms with van der Waals surface area (Å²) >= 11 is 0. The van der Waals surface area contributed by atoms with E-state index < -0.39 is 0 Å². The highest BCUT2D eigenvalue weighted by Crippen LogP contribution is 2.22. The van der Waals surface area contributed by atoms with E-state index in [4.69, 9.17) is 0 Å². The number of rotatable bonds is 4. The second-order valence-corrected chi connectivity index (χ2v) is 7.50. The van der Waals surface area contributed by atoms with Crippen molar-refractivity contribution in [3.63, 3.8) is 0 Å². The Morgan fingerprint density at radius 2 is 1.96 bits per heavy atom. The lowest BCUT2D eigenvalue weighted by Crippen LogP contribution is -2.43. The van der Waals surface area contributed by atoms with Gasteiger partial charge in [0.05, 0.1) is 0 Å². The zero-order valence-electron chi connectivity index (χ0n) is 16.1. The molecule has 1 amide bonds. The highest BCUT2D eigenvalue weighted by Gasteiger charge is 2.26. The monoisotopic (exact) mass is 361 g/mol. The van der Waals surface area contributed by atoms with Gasteiger partial charge >= 0.3 is 0 Å². The van der Waals surface area contributed by atoms with Crippen molar-refractivity contribution in [1.29, 1.82) is 0 Å². The maximum atomic E-state index is 12.0. The number of nitrogens with zero attached hydrogens (tertiary/aromatic N) is 5. The second kappa shape index (κ2) is 8.66. The van der Waals surface area contributed by atoms with Gasteiger partial charge in [0.25, 0.3) is 5.56 Å². The first-order chi connectivity index (χ1) is 12.6. The molecule has 3 rings (SSSR count). The summed E-state index contributed by atoms with van der Waals surface area (Å²) in [5.74, 6) is 1.78. The van der Waals surface area contributed by atoms with Crippen molar-refractivity contribution in [3.8, 4) is 0 Å². The maximum Gasteiger partial charge on any atom is 0.266 e. The number of aromatic nitrogens is 2. The number of anilines is 1. The molecule has 0 aliphatic carbocycles. The lowest BCUT2D eigenvalue weighted by atomic mass is 10.1. The number of carbonyl (C=O) groups is 1. The molecule has 144 valence electrons. The molecule has 0 bridgehead atoms. The predicted octanol–water partition coefficient (Wildman–Crippen LogP) is 0.941. The molecular weight excluding hydrogens is 330 g/mol. The van der Waals surface area contributed by atoms with E-state index in [2.05, 4.69) is 14.9 Å². The predicted molar refractivity (Wildman–Crippen MR) is 102 cm³/mol. The van der Waals surface area contributed by atoms with Crippen LogP contribution in [0.5, 0.6) is 0 Å². The summed E-state index contributed by atoms with van der Waals surface area (Å²) in [5, 5.41) is 4.37. The molecule has 0 radical (unpaired) electrons. The van der Waals surface area contributed by atoms with E-state index in [0.29, 0.717) is 12.3 Å². The van der Waals surface area contributed by atoms with Crippen molar-refractivity contribution in [2.24, 2.45) is 13.0 Å². The standard InChI is InChI=1S/C19H31N5O2/c1-3-18(25)23-10-5-4-9-22(12-13-23)14-16-8-11-24(15-16)17-6-7-19(26)21(2)20-17/h6-7,16H,3-5,8-15H2,1-2H3. The van der Waals surface area contributed by atoms with Gasteiger partial charge in [-0.25, -0.2) is 4.68 Å². The fourth-order valence-corrected chi connectivity index (χ4v) is 3.99. The quantitative estimate of drug-likeness (QED) is 0.799. The van der Waals surface area contributed by atoms with Crippen LogP contribution >= 0.6 is 0 Å². The van der Waals surface area contributed by atoms with E-state index in [-0.39, 0.29) is 11.5 Å². The minimum atomic E-state index is -0.0729. The van der Waals surface area contributed by atoms with Crippen molar-refractivity contribution >= 4 is 11.7 Å². The average Bonchev–Trinajstić information content (AvgIpc) is 3.08. The van der Waals surface area contributed by atoms with Crippen LogP contribution in [-0.2, 0) is 11.8 Å². The summed E-state index contributed by atoms with van der Waals surface area (Å²) in [5.41, 5.74) is -0.0729. The smallest absolute Gasteiger partial charge is 0.266 e. The lowest BCUT2D eigenvalue weighted by molar-refractivity contribution is -0.131. The van der Waals surface area contributed by atoms with Crippen LogP contribution in [0.1, 0.15) is 32.6 Å². The van der Waals surface area contributed by atoms with Gasteiger partial charge < -0.3 is 14.7 Å². The third-order valence-corrected chi connectivity index (χ3v) is 5.57. The van der Waals surface area contributed by atoms with E-state index in [1.54, 1.807) is 13.1 Å². The molecule has 0 N–H and O–H groups in total. The Morgan fingerprint density at radius 1 is 1.15 bits per heavy atom. The molecule has 2 saturated heterocycles. The van der Waals surface area contributed by atoms with Crippen molar-refractivity contribution in [2.75, 3.05) is 50.7 Å². The molecule has 0 saturated carbocycles. The number of amides is 1. The van der Waals surface area contributed by atoms with Crippen LogP contribution in [0.15, 0.2) is 16.9 Å². The van der Waals surface area contributed by atoms with Gasteiger partial charge in [-0.15, -0.1) is 0 Å². The van der Waals surface area contributed by atoms with E-state index >= 15 is 0 Å². The van der Waals surface area contributed by atoms with E-state index in [9.17, 15) is 9.59 Å². The number of hydrogen-bond donors (Lipinski definition) is 0. The Hall–Kier alpha value is -1.89. The van der Waals surface area contributed by atoms with Gasteiger partial charge in [-0.05, 0) is 37.8 Å². The Morgan fingerprint density at radius 3 is 2.73 bits per heavy atom. The Labute approximate surface area is 155 Å². The van der Waals surface area contributed by atoms with E-state index in [1.165, 1.54) is 4.68 Å². The molecule has 26 heavy (non-hydrogen) atoms. The summed E-state index contributed by atoms with van der Waals surface area (Å²) in [6.07, 6.45) is 4.01. The zero-order valence-corrected chi connectivity index (χ0v) is 16.1. The summed E-state index contributed by atoms with van der Waals surface area (Å²) in [6.45, 7) is 8.87. The van der Waals surface area contributed by atoms with Gasteiger partial charge in [0.15, 0.2) is 0 Å². The van der Waals surface area contributed by atoms with Crippen molar-refractivity contribution < 1.29 is 4.79 Å². The average molecular weight is 361 g/mol. The topological polar surface area (TPSA) is 61.7 Å². The Bertz CT molecular complexity index is 674. The van der Waals surface area contributed by atoms with Gasteiger partial charge in [-0.3, -0.25) is 9.59 Å². The van der Waals surface area contributed by atoms with Crippen LogP contribution in [0.25, 0.3) is 0 Å². The largest absolute Gasteiger partial charge is 0.355 e. The zero-order chi connectivity index (χ0) is 18.5. The summed E-state index contributed by atoms with van der Waals surface area (Å²) in [4.78, 5) is 30.4. The van der Waals surface area contributed by atoms with Crippen molar-refractivity contribution in [2.45, 2.75) is 32.6 Å². The molecule has 7 nitrogen and oxygen atoms in total. The number of hydrogen-bond acceptors (Lipinski definition) is 5. The minimum Gasteiger partial charge on any atom is -0.355 e. The third-order valence-electron chi connectivity index (χ3n) is 5.57. The summed E-state index contributed by atoms with van der Waals surface area (Å²) in [6, 6.07) is 3.42. The number of aryl methyl sites for hydroxylation is 1. The van der Waals surface area contributed by atoms with Crippen LogP contribution in [0.3, 0.4) is 0 Å². The van der Waals surface area contributed by atoms with Gasteiger partial charge in [0.1, 0.15) is 5.82 Å². The van der Waals surface area contributed by atoms with Gasteiger partial charge in [-0.1, -0.05) is 6.92 Å². The first kappa shape index (κ1) is 18.9. The minimum absolute atomic E-state index is 0.0729. The normalized spacial score (nSPS) is 22.3. The second-order valence-electron chi connectivity index (χ2n) is 7.50. The molecule has 3 heterocycles. The fourth-order valence-electron chi connectivity index (χ4n) is 3.99. The number of carbonyl (C=O) groups excluding carboxylic acids is 1. The van der Waals surface area contributed by atoms with Gasteiger partial charge in [0, 0.05) is 58.8 Å². The summed E-state index contributed by atoms with van der Waals surface area (Å²) in [7, 11) is 1.70. The molecule has 2 aliphatic rings. The fraction of sp³-hybridized carbons (Fsp3) is 0.737. The molecule has 1 atom stereocenters. The maximum absolute atomic E-state index is 12.0. The third kappa shape index (κ3) is 4.63. The molecule has 1 aromatic heterocycles. The molecule has 2 fully saturated rings. The van der Waals surface area contributed by atoms with Crippen molar-refractivity contribution in [1.82, 2.24) is 19.6 Å². The van der Waals surface area contributed by atoms with Gasteiger partial charge in [0.2, 0.25) is 5.91 Å². The first-order valence-electron chi connectivity index (χ1n) is 9.86. The lowest BCUT2D eigenvalue weighted by Gasteiger charge is -2.32. The molecule has 0 spiro atoms. The highest BCUT2D eigenvalue weighted by molar-refractivity contribution is 5.75. The first-order valence-corrected chi connectivity index (χ1v) is 9.86. The molecule has 1 unspecified atom stereocenters. The van der Waals surface area contributed by atoms with Crippen LogP contribution < -0.4 is 10.5 Å². The van der Waals surface area contributed by atoms with Crippen LogP contribution in [-0.4, -0.2) is 71.3 Å². The van der Waals surface area contributed by atoms with Gasteiger partial charge in [-0.2, -0.15) is 5.10 Å².